The predicted molar refractivity (Wildman–Crippen MR) is 68.3 cm³/mol. The van der Waals surface area contributed by atoms with E-state index in [1.54, 1.807) is 24.3 Å². The number of benzene rings is 2. The average molecular weight is 239 g/mol. The maximum Gasteiger partial charge on any atom is 0.123 e. The smallest absolute Gasteiger partial charge is 0.123 e. The molecule has 0 unspecified atom stereocenters. The molecule has 90 valence electrons. The molecule has 0 saturated carbocycles. The lowest BCUT2D eigenvalue weighted by Gasteiger charge is -2.07. The molecule has 1 N–H and O–H groups in total. The highest BCUT2D eigenvalue weighted by Crippen LogP contribution is 2.22. The van der Waals surface area contributed by atoms with Crippen LogP contribution < -0.4 is 4.74 Å². The minimum Gasteiger partial charge on any atom is -0.508 e. The van der Waals surface area contributed by atoms with Gasteiger partial charge in [0, 0.05) is 6.07 Å². The highest BCUT2D eigenvalue weighted by molar-refractivity contribution is 5.37. The molecule has 0 aliphatic heterocycles. The quantitative estimate of drug-likeness (QED) is 0.895. The Morgan fingerprint density at radius 3 is 2.50 bits per heavy atom. The van der Waals surface area contributed by atoms with Gasteiger partial charge in [0.15, 0.2) is 0 Å². The van der Waals surface area contributed by atoms with E-state index < -0.39 is 0 Å². The molecule has 0 aliphatic rings. The Labute approximate surface area is 106 Å². The molecule has 2 rings (SSSR count). The van der Waals surface area contributed by atoms with Gasteiger partial charge in [-0.3, -0.25) is 0 Å². The Balaban J connectivity index is 2.04. The summed E-state index contributed by atoms with van der Waals surface area (Å²) in [5, 5.41) is 18.1. The van der Waals surface area contributed by atoms with E-state index in [0.29, 0.717) is 17.9 Å². The third-order valence-electron chi connectivity index (χ3n) is 2.52. The maximum absolute atomic E-state index is 9.44. The first-order valence-corrected chi connectivity index (χ1v) is 5.60. The SMILES string of the molecule is Cc1cc(O)cc(OCc2ccc(C#N)cc2)c1. The van der Waals surface area contributed by atoms with Gasteiger partial charge in [-0.2, -0.15) is 5.26 Å². The second-order valence-corrected chi connectivity index (χ2v) is 4.10. The molecule has 0 fully saturated rings. The summed E-state index contributed by atoms with van der Waals surface area (Å²) in [5.41, 5.74) is 2.56. The topological polar surface area (TPSA) is 53.2 Å². The third kappa shape index (κ3) is 3.02. The number of aryl methyl sites for hydroxylation is 1. The second kappa shape index (κ2) is 5.24. The van der Waals surface area contributed by atoms with Crippen LogP contribution in [-0.4, -0.2) is 5.11 Å². The van der Waals surface area contributed by atoms with Gasteiger partial charge in [0.25, 0.3) is 0 Å². The predicted octanol–water partition coefficient (Wildman–Crippen LogP) is 3.15. The Morgan fingerprint density at radius 2 is 1.89 bits per heavy atom. The molecule has 0 aromatic heterocycles. The van der Waals surface area contributed by atoms with Crippen molar-refractivity contribution >= 4 is 0 Å². The molecular weight excluding hydrogens is 226 g/mol. The van der Waals surface area contributed by atoms with Crippen molar-refractivity contribution in [1.29, 1.82) is 5.26 Å². The number of nitriles is 1. The summed E-state index contributed by atoms with van der Waals surface area (Å²) in [6.45, 7) is 2.31. The maximum atomic E-state index is 9.44. The van der Waals surface area contributed by atoms with E-state index in [4.69, 9.17) is 10.00 Å². The van der Waals surface area contributed by atoms with Crippen molar-refractivity contribution in [2.45, 2.75) is 13.5 Å². The van der Waals surface area contributed by atoms with Crippen molar-refractivity contribution in [2.75, 3.05) is 0 Å². The molecule has 0 spiro atoms. The van der Waals surface area contributed by atoms with E-state index in [1.165, 1.54) is 0 Å². The number of phenolic OH excluding ortho intramolecular Hbond substituents is 1. The number of aromatic hydroxyl groups is 1. The lowest BCUT2D eigenvalue weighted by atomic mass is 10.1. The normalized spacial score (nSPS) is 9.78. The van der Waals surface area contributed by atoms with Crippen LogP contribution in [0.3, 0.4) is 0 Å². The van der Waals surface area contributed by atoms with Gasteiger partial charge in [0.1, 0.15) is 18.1 Å². The van der Waals surface area contributed by atoms with E-state index in [0.717, 1.165) is 11.1 Å². The zero-order valence-electron chi connectivity index (χ0n) is 10.1. The molecule has 0 bridgehead atoms. The highest BCUT2D eigenvalue weighted by atomic mass is 16.5. The minimum atomic E-state index is 0.199. The van der Waals surface area contributed by atoms with Gasteiger partial charge in [-0.25, -0.2) is 0 Å². The Kier molecular flexibility index (Phi) is 3.49. The summed E-state index contributed by atoms with van der Waals surface area (Å²) in [5.74, 6) is 0.835. The van der Waals surface area contributed by atoms with E-state index >= 15 is 0 Å². The van der Waals surface area contributed by atoms with E-state index in [2.05, 4.69) is 6.07 Å². The zero-order valence-corrected chi connectivity index (χ0v) is 10.1. The van der Waals surface area contributed by atoms with Gasteiger partial charge < -0.3 is 9.84 Å². The fraction of sp³-hybridized carbons (Fsp3) is 0.133. The van der Waals surface area contributed by atoms with Gasteiger partial charge in [-0.15, -0.1) is 0 Å². The van der Waals surface area contributed by atoms with Crippen LogP contribution in [-0.2, 0) is 6.61 Å². The molecule has 3 heteroatoms. The molecule has 0 amide bonds. The summed E-state index contributed by atoms with van der Waals surface area (Å²) in [6, 6.07) is 14.4. The highest BCUT2D eigenvalue weighted by Gasteiger charge is 2.00. The van der Waals surface area contributed by atoms with Crippen LogP contribution in [0.15, 0.2) is 42.5 Å². The Morgan fingerprint density at radius 1 is 1.17 bits per heavy atom. The fourth-order valence-electron chi connectivity index (χ4n) is 1.65. The van der Waals surface area contributed by atoms with Crippen LogP contribution in [0.5, 0.6) is 11.5 Å². The first-order chi connectivity index (χ1) is 8.67. The van der Waals surface area contributed by atoms with Crippen molar-refractivity contribution in [2.24, 2.45) is 0 Å². The second-order valence-electron chi connectivity index (χ2n) is 4.10. The molecular formula is C15H13NO2. The van der Waals surface area contributed by atoms with Crippen molar-refractivity contribution in [1.82, 2.24) is 0 Å². The molecule has 0 atom stereocenters. The van der Waals surface area contributed by atoms with Crippen LogP contribution >= 0.6 is 0 Å². The van der Waals surface area contributed by atoms with Gasteiger partial charge >= 0.3 is 0 Å². The minimum absolute atomic E-state index is 0.199. The van der Waals surface area contributed by atoms with E-state index in [9.17, 15) is 5.11 Å². The number of hydrogen-bond acceptors (Lipinski definition) is 3. The first kappa shape index (κ1) is 12.0. The number of rotatable bonds is 3. The molecule has 0 radical (unpaired) electrons. The summed E-state index contributed by atoms with van der Waals surface area (Å²) >= 11 is 0. The summed E-state index contributed by atoms with van der Waals surface area (Å²) in [7, 11) is 0. The molecule has 0 aliphatic carbocycles. The Bertz CT molecular complexity index is 562. The van der Waals surface area contributed by atoms with Crippen LogP contribution in [0.4, 0.5) is 0 Å². The summed E-state index contributed by atoms with van der Waals surface area (Å²) in [4.78, 5) is 0. The third-order valence-corrected chi connectivity index (χ3v) is 2.52. The Hall–Kier alpha value is -2.47. The summed E-state index contributed by atoms with van der Waals surface area (Å²) in [6.07, 6.45) is 0. The van der Waals surface area contributed by atoms with Crippen molar-refractivity contribution in [3.63, 3.8) is 0 Å². The molecule has 0 saturated heterocycles. The van der Waals surface area contributed by atoms with Crippen LogP contribution in [0.25, 0.3) is 0 Å². The number of hydrogen-bond donors (Lipinski definition) is 1. The number of phenols is 1. The lowest BCUT2D eigenvalue weighted by molar-refractivity contribution is 0.304. The van der Waals surface area contributed by atoms with Gasteiger partial charge in [-0.1, -0.05) is 12.1 Å². The molecule has 3 nitrogen and oxygen atoms in total. The standard InChI is InChI=1S/C15H13NO2/c1-11-6-14(17)8-15(7-11)18-10-13-4-2-12(9-16)3-5-13/h2-8,17H,10H2,1H3. The lowest BCUT2D eigenvalue weighted by Crippen LogP contribution is -1.95. The monoisotopic (exact) mass is 239 g/mol. The zero-order chi connectivity index (χ0) is 13.0. The molecule has 2 aromatic rings. The largest absolute Gasteiger partial charge is 0.508 e. The number of ether oxygens (including phenoxy) is 1. The summed E-state index contributed by atoms with van der Waals surface area (Å²) < 4.78 is 5.58. The first-order valence-electron chi connectivity index (χ1n) is 5.60. The molecule has 2 aromatic carbocycles. The van der Waals surface area contributed by atoms with Crippen LogP contribution in [0, 0.1) is 18.3 Å². The fourth-order valence-corrected chi connectivity index (χ4v) is 1.65. The van der Waals surface area contributed by atoms with Crippen LogP contribution in [0.2, 0.25) is 0 Å². The molecule has 18 heavy (non-hydrogen) atoms. The van der Waals surface area contributed by atoms with Crippen molar-refractivity contribution < 1.29 is 9.84 Å². The van der Waals surface area contributed by atoms with Crippen LogP contribution in [0.1, 0.15) is 16.7 Å². The van der Waals surface area contributed by atoms with E-state index in [1.807, 2.05) is 25.1 Å². The average Bonchev–Trinajstić information content (AvgIpc) is 2.36. The molecule has 0 heterocycles. The van der Waals surface area contributed by atoms with Gasteiger partial charge in [0.2, 0.25) is 0 Å². The van der Waals surface area contributed by atoms with Crippen molar-refractivity contribution in [3.8, 4) is 17.6 Å². The van der Waals surface area contributed by atoms with Crippen molar-refractivity contribution in [3.05, 3.63) is 59.2 Å². The van der Waals surface area contributed by atoms with Gasteiger partial charge in [-0.05, 0) is 42.3 Å². The number of nitrogens with zero attached hydrogens (tertiary/aromatic N) is 1. The van der Waals surface area contributed by atoms with E-state index in [-0.39, 0.29) is 5.75 Å². The van der Waals surface area contributed by atoms with Gasteiger partial charge in [0.05, 0.1) is 11.6 Å².